The minimum Gasteiger partial charge on any atom is -0.396 e. The number of aromatic amines is 2. The summed E-state index contributed by atoms with van der Waals surface area (Å²) in [5.41, 5.74) is -1.14. The molecule has 0 radical (unpaired) electrons. The summed E-state index contributed by atoms with van der Waals surface area (Å²) in [6, 6.07) is 0.0612. The molecule has 0 saturated heterocycles. The van der Waals surface area contributed by atoms with Gasteiger partial charge in [0.05, 0.1) is 0 Å². The Morgan fingerprint density at radius 3 is 2.62 bits per heavy atom. The summed E-state index contributed by atoms with van der Waals surface area (Å²) in [5.74, 6) is 0.169. The monoisotopic (exact) mass is 228 g/mol. The van der Waals surface area contributed by atoms with E-state index in [2.05, 4.69) is 15.2 Å². The third kappa shape index (κ3) is 2.93. The van der Waals surface area contributed by atoms with E-state index in [1.54, 1.807) is 4.90 Å². The quantitative estimate of drug-likeness (QED) is 0.603. The second-order valence-electron chi connectivity index (χ2n) is 3.69. The molecule has 16 heavy (non-hydrogen) atoms. The molecule has 0 fully saturated rings. The van der Waals surface area contributed by atoms with Crippen LogP contribution < -0.4 is 16.1 Å². The minimum atomic E-state index is -0.625. The largest absolute Gasteiger partial charge is 0.396 e. The van der Waals surface area contributed by atoms with Crippen LogP contribution in [0.1, 0.15) is 20.3 Å². The van der Waals surface area contributed by atoms with E-state index < -0.39 is 11.2 Å². The first-order valence-electron chi connectivity index (χ1n) is 5.12. The van der Waals surface area contributed by atoms with E-state index in [9.17, 15) is 9.59 Å². The number of aliphatic hydroxyl groups is 1. The van der Waals surface area contributed by atoms with E-state index >= 15 is 0 Å². The maximum absolute atomic E-state index is 11.5. The highest BCUT2D eigenvalue weighted by atomic mass is 16.3. The zero-order chi connectivity index (χ0) is 12.1. The highest BCUT2D eigenvalue weighted by Gasteiger charge is 2.15. The normalized spacial score (nSPS) is 10.8. The van der Waals surface area contributed by atoms with Gasteiger partial charge in [-0.3, -0.25) is 9.78 Å². The summed E-state index contributed by atoms with van der Waals surface area (Å²) in [4.78, 5) is 26.2. The number of anilines is 1. The zero-order valence-corrected chi connectivity index (χ0v) is 9.36. The molecule has 0 unspecified atom stereocenters. The summed E-state index contributed by atoms with van der Waals surface area (Å²) in [7, 11) is 0. The third-order valence-corrected chi connectivity index (χ3v) is 2.15. The van der Waals surface area contributed by atoms with Gasteiger partial charge in [-0.05, 0) is 20.3 Å². The number of rotatable bonds is 5. The van der Waals surface area contributed by atoms with Crippen molar-refractivity contribution >= 4 is 5.82 Å². The fourth-order valence-corrected chi connectivity index (χ4v) is 1.39. The Bertz CT molecular complexity index is 437. The lowest BCUT2D eigenvalue weighted by atomic mass is 10.3. The maximum atomic E-state index is 11.5. The SMILES string of the molecule is CC(C)N(CCCO)c1n[nH]c(=O)[nH]c1=O. The molecule has 1 aromatic rings. The van der Waals surface area contributed by atoms with Crippen LogP contribution in [0.5, 0.6) is 0 Å². The highest BCUT2D eigenvalue weighted by Crippen LogP contribution is 2.07. The van der Waals surface area contributed by atoms with Crippen molar-refractivity contribution in [3.63, 3.8) is 0 Å². The Balaban J connectivity index is 3.01. The predicted octanol–water partition coefficient (Wildman–Crippen LogP) is -0.945. The average molecular weight is 228 g/mol. The summed E-state index contributed by atoms with van der Waals surface area (Å²) in [6.07, 6.45) is 0.540. The molecule has 1 heterocycles. The second-order valence-corrected chi connectivity index (χ2v) is 3.69. The van der Waals surface area contributed by atoms with Gasteiger partial charge in [0, 0.05) is 19.2 Å². The minimum absolute atomic E-state index is 0.0461. The number of hydrogen-bond acceptors (Lipinski definition) is 5. The van der Waals surface area contributed by atoms with Crippen LogP contribution in [0.25, 0.3) is 0 Å². The van der Waals surface area contributed by atoms with E-state index in [-0.39, 0.29) is 18.5 Å². The molecule has 1 aromatic heterocycles. The van der Waals surface area contributed by atoms with Crippen molar-refractivity contribution in [2.45, 2.75) is 26.3 Å². The van der Waals surface area contributed by atoms with E-state index in [0.29, 0.717) is 13.0 Å². The van der Waals surface area contributed by atoms with Crippen LogP contribution in [0.2, 0.25) is 0 Å². The van der Waals surface area contributed by atoms with Crippen molar-refractivity contribution in [1.82, 2.24) is 15.2 Å². The van der Waals surface area contributed by atoms with Gasteiger partial charge in [0.15, 0.2) is 0 Å². The van der Waals surface area contributed by atoms with Gasteiger partial charge >= 0.3 is 5.69 Å². The molecule has 0 amide bonds. The Kier molecular flexibility index (Phi) is 4.24. The smallest absolute Gasteiger partial charge is 0.342 e. The molecule has 0 saturated carbocycles. The fraction of sp³-hybridized carbons (Fsp3) is 0.667. The molecular formula is C9H16N4O3. The summed E-state index contributed by atoms with van der Waals surface area (Å²) in [6.45, 7) is 4.37. The molecule has 0 aliphatic rings. The fourth-order valence-electron chi connectivity index (χ4n) is 1.39. The lowest BCUT2D eigenvalue weighted by molar-refractivity contribution is 0.288. The third-order valence-electron chi connectivity index (χ3n) is 2.15. The number of nitrogens with one attached hydrogen (secondary N) is 2. The molecule has 0 bridgehead atoms. The summed E-state index contributed by atoms with van der Waals surface area (Å²) < 4.78 is 0. The summed E-state index contributed by atoms with van der Waals surface area (Å²) >= 11 is 0. The molecule has 0 aliphatic carbocycles. The molecule has 1 rings (SSSR count). The molecule has 0 aliphatic heterocycles. The first kappa shape index (κ1) is 12.4. The molecule has 7 heteroatoms. The molecule has 7 nitrogen and oxygen atoms in total. The standard InChI is InChI=1S/C9H16N4O3/c1-6(2)13(4-3-5-14)7-8(15)10-9(16)12-11-7/h6,14H,3-5H2,1-2H3,(H2,10,12,15,16). The molecule has 0 spiro atoms. The van der Waals surface area contributed by atoms with Crippen molar-refractivity contribution < 1.29 is 5.11 Å². The topological polar surface area (TPSA) is 102 Å². The average Bonchev–Trinajstić information content (AvgIpc) is 2.20. The predicted molar refractivity (Wildman–Crippen MR) is 59.7 cm³/mol. The van der Waals surface area contributed by atoms with Crippen LogP contribution in [0.15, 0.2) is 9.59 Å². The van der Waals surface area contributed by atoms with Gasteiger partial charge < -0.3 is 10.0 Å². The number of aliphatic hydroxyl groups excluding tert-OH is 1. The van der Waals surface area contributed by atoms with Gasteiger partial charge in [-0.25, -0.2) is 9.89 Å². The van der Waals surface area contributed by atoms with Gasteiger partial charge in [0.2, 0.25) is 5.82 Å². The van der Waals surface area contributed by atoms with Crippen molar-refractivity contribution in [1.29, 1.82) is 0 Å². The van der Waals surface area contributed by atoms with Gasteiger partial charge in [0.1, 0.15) is 0 Å². The number of H-pyrrole nitrogens is 2. The Hall–Kier alpha value is -1.63. The van der Waals surface area contributed by atoms with Gasteiger partial charge in [-0.15, -0.1) is 5.10 Å². The van der Waals surface area contributed by atoms with Crippen LogP contribution >= 0.6 is 0 Å². The van der Waals surface area contributed by atoms with E-state index in [1.165, 1.54) is 0 Å². The van der Waals surface area contributed by atoms with Crippen LogP contribution in [0.4, 0.5) is 5.82 Å². The Morgan fingerprint density at radius 1 is 1.44 bits per heavy atom. The first-order chi connectivity index (χ1) is 7.56. The number of aromatic nitrogens is 3. The molecule has 90 valence electrons. The molecule has 0 atom stereocenters. The molecule has 3 N–H and O–H groups in total. The second kappa shape index (κ2) is 5.45. The van der Waals surface area contributed by atoms with Crippen molar-refractivity contribution in [3.8, 4) is 0 Å². The molecular weight excluding hydrogens is 212 g/mol. The van der Waals surface area contributed by atoms with Crippen molar-refractivity contribution in [2.24, 2.45) is 0 Å². The van der Waals surface area contributed by atoms with E-state index in [1.807, 2.05) is 13.8 Å². The lowest BCUT2D eigenvalue weighted by Crippen LogP contribution is -2.39. The van der Waals surface area contributed by atoms with Crippen LogP contribution in [-0.4, -0.2) is 39.5 Å². The summed E-state index contributed by atoms with van der Waals surface area (Å²) in [5, 5.41) is 14.7. The van der Waals surface area contributed by atoms with Crippen LogP contribution in [0.3, 0.4) is 0 Å². The highest BCUT2D eigenvalue weighted by molar-refractivity contribution is 5.34. The maximum Gasteiger partial charge on any atom is 0.342 e. The Labute approximate surface area is 92.1 Å². The zero-order valence-electron chi connectivity index (χ0n) is 9.36. The van der Waals surface area contributed by atoms with E-state index in [4.69, 9.17) is 5.11 Å². The van der Waals surface area contributed by atoms with Gasteiger partial charge in [0.25, 0.3) is 5.56 Å². The van der Waals surface area contributed by atoms with E-state index in [0.717, 1.165) is 0 Å². The van der Waals surface area contributed by atoms with Crippen molar-refractivity contribution in [3.05, 3.63) is 20.8 Å². The van der Waals surface area contributed by atoms with Gasteiger partial charge in [-0.2, -0.15) is 0 Å². The Morgan fingerprint density at radius 2 is 2.12 bits per heavy atom. The number of nitrogens with zero attached hydrogens (tertiary/aromatic N) is 2. The van der Waals surface area contributed by atoms with Crippen LogP contribution in [-0.2, 0) is 0 Å². The van der Waals surface area contributed by atoms with Crippen LogP contribution in [0, 0.1) is 0 Å². The van der Waals surface area contributed by atoms with Crippen molar-refractivity contribution in [2.75, 3.05) is 18.1 Å². The molecule has 0 aromatic carbocycles. The van der Waals surface area contributed by atoms with Gasteiger partial charge in [-0.1, -0.05) is 0 Å². The number of hydrogen-bond donors (Lipinski definition) is 3. The first-order valence-corrected chi connectivity index (χ1v) is 5.12. The lowest BCUT2D eigenvalue weighted by Gasteiger charge is -2.25.